The molecule has 7 heteroatoms. The van der Waals surface area contributed by atoms with Gasteiger partial charge in [0.05, 0.1) is 18.3 Å². The fourth-order valence-corrected chi connectivity index (χ4v) is 3.84. The first kappa shape index (κ1) is 19.1. The van der Waals surface area contributed by atoms with Crippen LogP contribution in [0.1, 0.15) is 19.3 Å². The summed E-state index contributed by atoms with van der Waals surface area (Å²) in [6.45, 7) is 3.73. The zero-order chi connectivity index (χ0) is 18.6. The monoisotopic (exact) mass is 378 g/mol. The van der Waals surface area contributed by atoms with Gasteiger partial charge in [0.15, 0.2) is 0 Å². The number of hydrogen-bond donors (Lipinski definition) is 1. The van der Waals surface area contributed by atoms with Gasteiger partial charge in [0.1, 0.15) is 0 Å². The van der Waals surface area contributed by atoms with Crippen LogP contribution in [-0.2, 0) is 16.1 Å². The summed E-state index contributed by atoms with van der Waals surface area (Å²) < 4.78 is 7.34. The van der Waals surface area contributed by atoms with Crippen LogP contribution in [0.25, 0.3) is 10.9 Å². The van der Waals surface area contributed by atoms with Crippen LogP contribution >= 0.6 is 11.6 Å². The van der Waals surface area contributed by atoms with E-state index >= 15 is 0 Å². The number of ether oxygens (including phenoxy) is 1. The van der Waals surface area contributed by atoms with E-state index in [1.807, 2.05) is 22.9 Å². The Kier molecular flexibility index (Phi) is 6.16. The van der Waals surface area contributed by atoms with Crippen LogP contribution in [0, 0.1) is 5.41 Å². The Hall–Kier alpha value is -1.63. The van der Waals surface area contributed by atoms with Crippen LogP contribution < -0.4 is 5.32 Å². The molecule has 1 saturated heterocycles. The molecule has 0 unspecified atom stereocenters. The van der Waals surface area contributed by atoms with Crippen molar-refractivity contribution in [3.8, 4) is 0 Å². The largest absolute Gasteiger partial charge is 0.381 e. The molecule has 1 aromatic heterocycles. The second-order valence-corrected chi connectivity index (χ2v) is 7.88. The predicted molar refractivity (Wildman–Crippen MR) is 103 cm³/mol. The van der Waals surface area contributed by atoms with Gasteiger partial charge in [-0.3, -0.25) is 9.48 Å². The molecule has 0 atom stereocenters. The highest BCUT2D eigenvalue weighted by molar-refractivity contribution is 6.31. The van der Waals surface area contributed by atoms with E-state index in [1.165, 1.54) is 0 Å². The molecule has 1 N–H and O–H groups in total. The van der Waals surface area contributed by atoms with Gasteiger partial charge in [0.25, 0.3) is 0 Å². The van der Waals surface area contributed by atoms with Gasteiger partial charge in [0.2, 0.25) is 5.91 Å². The van der Waals surface area contributed by atoms with Crippen molar-refractivity contribution in [1.82, 2.24) is 20.0 Å². The van der Waals surface area contributed by atoms with Gasteiger partial charge in [-0.05, 0) is 45.1 Å². The van der Waals surface area contributed by atoms with Crippen molar-refractivity contribution < 1.29 is 9.53 Å². The fraction of sp³-hybridized carbons (Fsp3) is 0.579. The maximum absolute atomic E-state index is 12.4. The molecule has 1 aliphatic rings. The van der Waals surface area contributed by atoms with Crippen LogP contribution in [0.2, 0.25) is 5.02 Å². The summed E-state index contributed by atoms with van der Waals surface area (Å²) in [6, 6.07) is 5.67. The predicted octanol–water partition coefficient (Wildman–Crippen LogP) is 2.55. The van der Waals surface area contributed by atoms with E-state index in [0.29, 0.717) is 24.5 Å². The van der Waals surface area contributed by atoms with Crippen molar-refractivity contribution in [2.75, 3.05) is 40.4 Å². The number of benzene rings is 1. The van der Waals surface area contributed by atoms with Gasteiger partial charge in [-0.15, -0.1) is 0 Å². The number of carbonyl (C=O) groups excluding carboxylic acids is 1. The topological polar surface area (TPSA) is 59.4 Å². The van der Waals surface area contributed by atoms with Gasteiger partial charge in [0, 0.05) is 48.5 Å². The molecule has 2 heterocycles. The molecule has 0 saturated carbocycles. The van der Waals surface area contributed by atoms with Crippen LogP contribution in [0.4, 0.5) is 0 Å². The number of nitrogens with zero attached hydrogens (tertiary/aromatic N) is 3. The van der Waals surface area contributed by atoms with Crippen molar-refractivity contribution >= 4 is 28.4 Å². The van der Waals surface area contributed by atoms with Crippen molar-refractivity contribution in [2.45, 2.75) is 25.8 Å². The lowest BCUT2D eigenvalue weighted by molar-refractivity contribution is -0.122. The van der Waals surface area contributed by atoms with E-state index in [0.717, 1.165) is 43.5 Å². The highest BCUT2D eigenvalue weighted by atomic mass is 35.5. The van der Waals surface area contributed by atoms with Crippen LogP contribution in [0.15, 0.2) is 24.4 Å². The molecule has 1 aromatic carbocycles. The molecule has 0 radical (unpaired) electrons. The number of aryl methyl sites for hydroxylation is 1. The smallest absolute Gasteiger partial charge is 0.221 e. The lowest BCUT2D eigenvalue weighted by Gasteiger charge is -2.39. The van der Waals surface area contributed by atoms with Crippen LogP contribution in [-0.4, -0.2) is 61.0 Å². The lowest BCUT2D eigenvalue weighted by Crippen LogP contribution is -2.47. The third-order valence-electron chi connectivity index (χ3n) is 5.02. The first-order chi connectivity index (χ1) is 12.5. The van der Waals surface area contributed by atoms with Gasteiger partial charge in [-0.1, -0.05) is 11.6 Å². The van der Waals surface area contributed by atoms with Gasteiger partial charge >= 0.3 is 0 Å². The lowest BCUT2D eigenvalue weighted by atomic mass is 9.79. The minimum absolute atomic E-state index is 0.0558. The molecule has 142 valence electrons. The zero-order valence-corrected chi connectivity index (χ0v) is 16.3. The molecule has 0 aliphatic carbocycles. The van der Waals surface area contributed by atoms with E-state index in [2.05, 4.69) is 29.4 Å². The Labute approximate surface area is 159 Å². The summed E-state index contributed by atoms with van der Waals surface area (Å²) in [7, 11) is 4.15. The second-order valence-electron chi connectivity index (χ2n) is 7.45. The minimum Gasteiger partial charge on any atom is -0.381 e. The maximum Gasteiger partial charge on any atom is 0.221 e. The average molecular weight is 379 g/mol. The summed E-state index contributed by atoms with van der Waals surface area (Å²) >= 11 is 6.07. The molecular formula is C19H27ClN4O2. The van der Waals surface area contributed by atoms with E-state index in [9.17, 15) is 4.79 Å². The number of aromatic nitrogens is 2. The highest BCUT2D eigenvalue weighted by Gasteiger charge is 2.33. The third kappa shape index (κ3) is 4.75. The van der Waals surface area contributed by atoms with Gasteiger partial charge < -0.3 is 15.0 Å². The summed E-state index contributed by atoms with van der Waals surface area (Å²) in [6.07, 6.45) is 4.16. The number of carbonyl (C=O) groups is 1. The Balaban J connectivity index is 1.55. The fourth-order valence-electron chi connectivity index (χ4n) is 3.67. The standard InChI is InChI=1S/C19H27ClN4O2/c1-23(2)14-19(6-9-26-10-7-19)13-21-18(25)5-8-24-17-11-16(20)4-3-15(17)12-22-24/h3-4,11-12H,5-10,13-14H2,1-2H3,(H,21,25). The number of amides is 1. The number of hydrogen-bond acceptors (Lipinski definition) is 4. The van der Waals surface area contributed by atoms with Gasteiger partial charge in [-0.2, -0.15) is 5.10 Å². The Morgan fingerprint density at radius 3 is 2.88 bits per heavy atom. The molecule has 26 heavy (non-hydrogen) atoms. The van der Waals surface area contributed by atoms with Crippen molar-refractivity contribution in [1.29, 1.82) is 0 Å². The highest BCUT2D eigenvalue weighted by Crippen LogP contribution is 2.30. The molecule has 0 spiro atoms. The molecule has 1 amide bonds. The average Bonchev–Trinajstić information content (AvgIpc) is 3.00. The van der Waals surface area contributed by atoms with Crippen molar-refractivity contribution in [3.63, 3.8) is 0 Å². The van der Waals surface area contributed by atoms with Crippen LogP contribution in [0.5, 0.6) is 0 Å². The Bertz CT molecular complexity index is 753. The summed E-state index contributed by atoms with van der Waals surface area (Å²) in [5.41, 5.74) is 1.06. The molecule has 3 rings (SSSR count). The van der Waals surface area contributed by atoms with E-state index in [4.69, 9.17) is 16.3 Å². The number of halogens is 1. The molecule has 2 aromatic rings. The SMILES string of the molecule is CN(C)CC1(CNC(=O)CCn2ncc3ccc(Cl)cc32)CCOCC1. The third-order valence-corrected chi connectivity index (χ3v) is 5.26. The molecule has 1 fully saturated rings. The second kappa shape index (κ2) is 8.37. The molecular weight excluding hydrogens is 352 g/mol. The first-order valence-corrected chi connectivity index (χ1v) is 9.46. The van der Waals surface area contributed by atoms with Crippen molar-refractivity contribution in [3.05, 3.63) is 29.4 Å². The summed E-state index contributed by atoms with van der Waals surface area (Å²) in [5.74, 6) is 0.0558. The quantitative estimate of drug-likeness (QED) is 0.804. The Morgan fingerprint density at radius 2 is 2.15 bits per heavy atom. The Morgan fingerprint density at radius 1 is 1.38 bits per heavy atom. The van der Waals surface area contributed by atoms with Gasteiger partial charge in [-0.25, -0.2) is 0 Å². The van der Waals surface area contributed by atoms with E-state index in [1.54, 1.807) is 6.20 Å². The molecule has 6 nitrogen and oxygen atoms in total. The van der Waals surface area contributed by atoms with E-state index in [-0.39, 0.29) is 11.3 Å². The van der Waals surface area contributed by atoms with Crippen molar-refractivity contribution in [2.24, 2.45) is 5.41 Å². The molecule has 1 aliphatic heterocycles. The number of fused-ring (bicyclic) bond motifs is 1. The normalized spacial score (nSPS) is 16.9. The van der Waals surface area contributed by atoms with E-state index < -0.39 is 0 Å². The van der Waals surface area contributed by atoms with Crippen LogP contribution in [0.3, 0.4) is 0 Å². The number of rotatable bonds is 7. The summed E-state index contributed by atoms with van der Waals surface area (Å²) in [5, 5.41) is 9.20. The number of nitrogens with one attached hydrogen (secondary N) is 1. The maximum atomic E-state index is 12.4. The first-order valence-electron chi connectivity index (χ1n) is 9.08. The zero-order valence-electron chi connectivity index (χ0n) is 15.5. The molecule has 0 bridgehead atoms. The summed E-state index contributed by atoms with van der Waals surface area (Å²) in [4.78, 5) is 14.6. The minimum atomic E-state index is 0.0558.